The van der Waals surface area contributed by atoms with Crippen molar-refractivity contribution in [2.45, 2.75) is 46.1 Å². The van der Waals surface area contributed by atoms with Gasteiger partial charge in [-0.15, -0.1) is 0 Å². The minimum absolute atomic E-state index is 0.0666. The number of hydrogen-bond acceptors (Lipinski definition) is 2. The van der Waals surface area contributed by atoms with Crippen LogP contribution in [-0.4, -0.2) is 12.5 Å². The summed E-state index contributed by atoms with van der Waals surface area (Å²) in [4.78, 5) is 12.2. The molecule has 0 unspecified atom stereocenters. The smallest absolute Gasteiger partial charge is 0.251 e. The predicted molar refractivity (Wildman–Crippen MR) is 98.5 cm³/mol. The molecule has 1 N–H and O–H groups in total. The Labute approximate surface area is 145 Å². The lowest BCUT2D eigenvalue weighted by atomic mass is 10.0. The van der Waals surface area contributed by atoms with Crippen molar-refractivity contribution in [3.05, 3.63) is 65.2 Å². The van der Waals surface area contributed by atoms with Crippen LogP contribution in [-0.2, 0) is 6.54 Å². The standard InChI is InChI=1S/C21H27NO2/c1-4-5-14-24-20-12-10-19(11-13-20)21(23)22-15-17-6-8-18(9-7-17)16(2)3/h6-13,16H,4-5,14-15H2,1-3H3,(H,22,23). The number of nitrogens with one attached hydrogen (secondary N) is 1. The first kappa shape index (κ1) is 18.1. The van der Waals surface area contributed by atoms with Crippen molar-refractivity contribution in [1.82, 2.24) is 5.32 Å². The van der Waals surface area contributed by atoms with Gasteiger partial charge in [-0.3, -0.25) is 4.79 Å². The normalized spacial score (nSPS) is 10.7. The lowest BCUT2D eigenvalue weighted by Gasteiger charge is -2.09. The van der Waals surface area contributed by atoms with Crippen molar-refractivity contribution < 1.29 is 9.53 Å². The van der Waals surface area contributed by atoms with E-state index >= 15 is 0 Å². The van der Waals surface area contributed by atoms with Gasteiger partial charge in [0.05, 0.1) is 6.61 Å². The second kappa shape index (κ2) is 9.11. The van der Waals surface area contributed by atoms with Crippen molar-refractivity contribution in [3.8, 4) is 5.75 Å². The Morgan fingerprint density at radius 1 is 1.04 bits per heavy atom. The van der Waals surface area contributed by atoms with Gasteiger partial charge in [0.1, 0.15) is 5.75 Å². The minimum Gasteiger partial charge on any atom is -0.494 e. The van der Waals surface area contributed by atoms with Crippen LogP contribution in [0.5, 0.6) is 5.75 Å². The Morgan fingerprint density at radius 3 is 2.29 bits per heavy atom. The highest BCUT2D eigenvalue weighted by Crippen LogP contribution is 2.15. The third-order valence-electron chi connectivity index (χ3n) is 3.98. The lowest BCUT2D eigenvalue weighted by molar-refractivity contribution is 0.0951. The van der Waals surface area contributed by atoms with Gasteiger partial charge in [-0.25, -0.2) is 0 Å². The largest absolute Gasteiger partial charge is 0.494 e. The monoisotopic (exact) mass is 325 g/mol. The molecule has 24 heavy (non-hydrogen) atoms. The summed E-state index contributed by atoms with van der Waals surface area (Å²) < 4.78 is 5.61. The number of hydrogen-bond donors (Lipinski definition) is 1. The molecule has 0 aliphatic carbocycles. The van der Waals surface area contributed by atoms with Gasteiger partial charge < -0.3 is 10.1 Å². The highest BCUT2D eigenvalue weighted by atomic mass is 16.5. The van der Waals surface area contributed by atoms with Gasteiger partial charge in [-0.05, 0) is 47.7 Å². The van der Waals surface area contributed by atoms with Crippen molar-refractivity contribution in [2.24, 2.45) is 0 Å². The van der Waals surface area contributed by atoms with Gasteiger partial charge in [-0.1, -0.05) is 51.5 Å². The van der Waals surface area contributed by atoms with E-state index < -0.39 is 0 Å². The fraction of sp³-hybridized carbons (Fsp3) is 0.381. The first-order valence-corrected chi connectivity index (χ1v) is 8.70. The molecule has 2 aromatic carbocycles. The van der Waals surface area contributed by atoms with E-state index in [1.807, 2.05) is 12.1 Å². The number of rotatable bonds is 8. The maximum Gasteiger partial charge on any atom is 0.251 e. The zero-order valence-corrected chi connectivity index (χ0v) is 14.8. The van der Waals surface area contributed by atoms with Crippen LogP contribution in [0.4, 0.5) is 0 Å². The van der Waals surface area contributed by atoms with E-state index in [0.717, 1.165) is 24.2 Å². The number of ether oxygens (including phenoxy) is 1. The zero-order valence-electron chi connectivity index (χ0n) is 14.8. The summed E-state index contributed by atoms with van der Waals surface area (Å²) in [6.45, 7) is 7.73. The molecule has 0 spiro atoms. The Bertz CT molecular complexity index is 630. The molecular formula is C21H27NO2. The van der Waals surface area contributed by atoms with Crippen LogP contribution >= 0.6 is 0 Å². The summed E-state index contributed by atoms with van der Waals surface area (Å²) in [5.41, 5.74) is 3.06. The van der Waals surface area contributed by atoms with E-state index in [1.54, 1.807) is 12.1 Å². The zero-order chi connectivity index (χ0) is 17.4. The predicted octanol–water partition coefficient (Wildman–Crippen LogP) is 4.92. The molecule has 2 rings (SSSR count). The molecule has 0 atom stereocenters. The molecule has 0 aromatic heterocycles. The van der Waals surface area contributed by atoms with Gasteiger partial charge in [0, 0.05) is 12.1 Å². The second-order valence-electron chi connectivity index (χ2n) is 6.31. The molecule has 2 aromatic rings. The summed E-state index contributed by atoms with van der Waals surface area (Å²) in [6, 6.07) is 15.7. The number of carbonyl (C=O) groups is 1. The molecule has 0 heterocycles. The maximum absolute atomic E-state index is 12.2. The average Bonchev–Trinajstić information content (AvgIpc) is 2.61. The number of carbonyl (C=O) groups excluding carboxylic acids is 1. The molecule has 0 fully saturated rings. The lowest BCUT2D eigenvalue weighted by Crippen LogP contribution is -2.22. The third-order valence-corrected chi connectivity index (χ3v) is 3.98. The van der Waals surface area contributed by atoms with E-state index in [-0.39, 0.29) is 5.91 Å². The van der Waals surface area contributed by atoms with Crippen molar-refractivity contribution in [3.63, 3.8) is 0 Å². The average molecular weight is 325 g/mol. The van der Waals surface area contributed by atoms with E-state index in [9.17, 15) is 4.79 Å². The van der Waals surface area contributed by atoms with E-state index in [4.69, 9.17) is 4.74 Å². The molecule has 3 heteroatoms. The first-order chi connectivity index (χ1) is 11.6. The van der Waals surface area contributed by atoms with Crippen LogP contribution in [0.25, 0.3) is 0 Å². The van der Waals surface area contributed by atoms with Crippen LogP contribution < -0.4 is 10.1 Å². The molecule has 0 saturated heterocycles. The minimum atomic E-state index is -0.0666. The highest BCUT2D eigenvalue weighted by molar-refractivity contribution is 5.94. The number of amides is 1. The first-order valence-electron chi connectivity index (χ1n) is 8.70. The number of benzene rings is 2. The molecular weight excluding hydrogens is 298 g/mol. The molecule has 0 aliphatic rings. The van der Waals surface area contributed by atoms with Crippen LogP contribution in [0.3, 0.4) is 0 Å². The molecule has 0 radical (unpaired) electrons. The number of unbranched alkanes of at least 4 members (excludes halogenated alkanes) is 1. The molecule has 0 aliphatic heterocycles. The molecule has 0 bridgehead atoms. The van der Waals surface area contributed by atoms with Gasteiger partial charge in [-0.2, -0.15) is 0 Å². The Hall–Kier alpha value is -2.29. The van der Waals surface area contributed by atoms with Crippen LogP contribution in [0.2, 0.25) is 0 Å². The summed E-state index contributed by atoms with van der Waals surface area (Å²) >= 11 is 0. The van der Waals surface area contributed by atoms with Crippen LogP contribution in [0.15, 0.2) is 48.5 Å². The van der Waals surface area contributed by atoms with Gasteiger partial charge in [0.15, 0.2) is 0 Å². The molecule has 128 valence electrons. The van der Waals surface area contributed by atoms with E-state index in [2.05, 4.69) is 50.4 Å². The quantitative estimate of drug-likeness (QED) is 0.700. The van der Waals surface area contributed by atoms with Gasteiger partial charge >= 0.3 is 0 Å². The van der Waals surface area contributed by atoms with Crippen LogP contribution in [0.1, 0.15) is 61.0 Å². The van der Waals surface area contributed by atoms with E-state index in [0.29, 0.717) is 24.6 Å². The van der Waals surface area contributed by atoms with Crippen LogP contribution in [0, 0.1) is 0 Å². The third kappa shape index (κ3) is 5.41. The van der Waals surface area contributed by atoms with Gasteiger partial charge in [0.25, 0.3) is 5.91 Å². The topological polar surface area (TPSA) is 38.3 Å². The highest BCUT2D eigenvalue weighted by Gasteiger charge is 2.06. The molecule has 3 nitrogen and oxygen atoms in total. The Morgan fingerprint density at radius 2 is 1.71 bits per heavy atom. The summed E-state index contributed by atoms with van der Waals surface area (Å²) in [5.74, 6) is 1.26. The summed E-state index contributed by atoms with van der Waals surface area (Å²) in [5, 5.41) is 2.96. The SMILES string of the molecule is CCCCOc1ccc(C(=O)NCc2ccc(C(C)C)cc2)cc1. The Kier molecular flexibility index (Phi) is 6.86. The fourth-order valence-corrected chi connectivity index (χ4v) is 2.34. The van der Waals surface area contributed by atoms with Crippen molar-refractivity contribution >= 4 is 5.91 Å². The van der Waals surface area contributed by atoms with E-state index in [1.165, 1.54) is 5.56 Å². The molecule has 0 saturated carbocycles. The fourth-order valence-electron chi connectivity index (χ4n) is 2.34. The summed E-state index contributed by atoms with van der Waals surface area (Å²) in [6.07, 6.45) is 2.15. The van der Waals surface area contributed by atoms with Crippen molar-refractivity contribution in [1.29, 1.82) is 0 Å². The second-order valence-corrected chi connectivity index (χ2v) is 6.31. The van der Waals surface area contributed by atoms with Crippen molar-refractivity contribution in [2.75, 3.05) is 6.61 Å². The Balaban J connectivity index is 1.85. The maximum atomic E-state index is 12.2. The summed E-state index contributed by atoms with van der Waals surface area (Å²) in [7, 11) is 0. The van der Waals surface area contributed by atoms with Gasteiger partial charge in [0.2, 0.25) is 0 Å². The molecule has 1 amide bonds.